The fourth-order valence-electron chi connectivity index (χ4n) is 5.09. The van der Waals surface area contributed by atoms with Crippen molar-refractivity contribution in [2.45, 2.75) is 49.8 Å². The van der Waals surface area contributed by atoms with Crippen LogP contribution in [0, 0.1) is 0 Å². The summed E-state index contributed by atoms with van der Waals surface area (Å²) in [7, 11) is -21.8. The van der Waals surface area contributed by atoms with Crippen LogP contribution in [0.3, 0.4) is 0 Å². The summed E-state index contributed by atoms with van der Waals surface area (Å²) in [6.45, 7) is -1.92. The molecule has 2 amide bonds. The largest absolute Gasteiger partial charge is 0.508 e. The second-order valence-electron chi connectivity index (χ2n) is 12.4. The van der Waals surface area contributed by atoms with Gasteiger partial charge < -0.3 is 70.2 Å². The molecule has 2 aromatic rings. The molecule has 0 aliphatic rings. The van der Waals surface area contributed by atoms with Crippen molar-refractivity contribution in [3.05, 3.63) is 58.7 Å². The van der Waals surface area contributed by atoms with Crippen molar-refractivity contribution in [2.75, 3.05) is 26.2 Å². The third kappa shape index (κ3) is 16.9. The summed E-state index contributed by atoms with van der Waals surface area (Å²) in [5, 5.41) is 43.3. The van der Waals surface area contributed by atoms with Crippen LogP contribution in [0.5, 0.6) is 11.5 Å². The first kappa shape index (κ1) is 48.6. The first-order valence-corrected chi connectivity index (χ1v) is 22.6. The number of aryl methyl sites for hydroxylation is 2. The summed E-state index contributed by atoms with van der Waals surface area (Å²) in [6.07, 6.45) is -1.29. The molecule has 0 bridgehead atoms. The molecule has 0 aromatic heterocycles. The lowest BCUT2D eigenvalue weighted by atomic mass is 10.0. The van der Waals surface area contributed by atoms with Gasteiger partial charge in [-0.2, -0.15) is 0 Å². The molecule has 314 valence electrons. The Hall–Kier alpha value is -3.56. The van der Waals surface area contributed by atoms with Crippen LogP contribution in [0.4, 0.5) is 0 Å². The predicted molar refractivity (Wildman–Crippen MR) is 191 cm³/mol. The maximum absolute atomic E-state index is 12.3. The molecular weight excluding hydrogens is 836 g/mol. The fourth-order valence-corrected chi connectivity index (χ4v) is 9.48. The van der Waals surface area contributed by atoms with Gasteiger partial charge in [0.05, 0.1) is 13.1 Å². The lowest BCUT2D eigenvalue weighted by molar-refractivity contribution is -0.140. The van der Waals surface area contributed by atoms with Crippen molar-refractivity contribution in [2.24, 2.45) is 0 Å². The van der Waals surface area contributed by atoms with Crippen molar-refractivity contribution < 1.29 is 97.0 Å². The molecule has 0 spiro atoms. The number of hydrogen-bond donors (Lipinski definition) is 14. The van der Waals surface area contributed by atoms with Gasteiger partial charge in [-0.05, 0) is 36.1 Å². The summed E-state index contributed by atoms with van der Waals surface area (Å²) in [5.41, 5.74) is -4.49. The molecule has 0 saturated carbocycles. The number of aliphatic carboxylic acids is 2. The number of nitrogens with zero attached hydrogens (tertiary/aromatic N) is 2. The highest BCUT2D eigenvalue weighted by Gasteiger charge is 2.45. The van der Waals surface area contributed by atoms with Crippen LogP contribution >= 0.6 is 30.4 Å². The SMILES string of the molecule is O=C(O)CN(CCN(CC(=O)O)Cc1cc(CCC(=O)NC(P(=O)(O)O)P(=O)(O)O)ccc1O)Cc1cc(CCC(=O)NC(P(=O)(O)O)P(=O)(O)O)ccc1O. The standard InChI is InChI=1S/C28H42N4O20P4/c33-21-5-1-17(3-7-23(35)29-27(53(41,42)43)54(44,45)46)11-19(21)13-31(15-25(37)38)9-10-32(16-26(39)40)14-20-12-18(2-6-22(20)34)4-8-24(36)30-28(55(47,48)49)56(50,51)52/h1-2,5-6,11-12,27-28,33-34H,3-4,7-10,13-16H2,(H,29,35)(H,30,36)(H,37,38)(H,39,40)(H2,41,42,43)(H2,44,45,46)(H2,47,48,49)(H2,50,51,52). The number of carbonyl (C=O) groups excluding carboxylic acids is 2. The Kier molecular flexibility index (Phi) is 17.5. The fraction of sp³-hybridized carbons (Fsp3) is 0.429. The van der Waals surface area contributed by atoms with Crippen molar-refractivity contribution in [3.8, 4) is 11.5 Å². The Morgan fingerprint density at radius 3 is 1.12 bits per heavy atom. The number of phenols is 2. The molecule has 24 nitrogen and oxygen atoms in total. The maximum Gasteiger partial charge on any atom is 0.360 e. The summed E-state index contributed by atoms with van der Waals surface area (Å²) in [5.74, 6) is -5.41. The minimum absolute atomic E-state index is 0.126. The van der Waals surface area contributed by atoms with E-state index >= 15 is 0 Å². The Bertz CT molecular complexity index is 1760. The number of carbonyl (C=O) groups is 4. The number of aromatic hydroxyl groups is 2. The van der Waals surface area contributed by atoms with Crippen LogP contribution in [0.15, 0.2) is 36.4 Å². The molecule has 0 atom stereocenters. The number of carboxylic acids is 2. The zero-order chi connectivity index (χ0) is 42.8. The van der Waals surface area contributed by atoms with E-state index in [1.165, 1.54) is 46.2 Å². The summed E-state index contributed by atoms with van der Waals surface area (Å²) >= 11 is 0. The molecule has 2 rings (SSSR count). The van der Waals surface area contributed by atoms with Gasteiger partial charge in [0, 0.05) is 50.1 Å². The highest BCUT2D eigenvalue weighted by Crippen LogP contribution is 2.59. The van der Waals surface area contributed by atoms with Gasteiger partial charge in [-0.1, -0.05) is 24.3 Å². The number of benzene rings is 2. The molecule has 0 heterocycles. The van der Waals surface area contributed by atoms with Gasteiger partial charge in [0.2, 0.25) is 22.9 Å². The molecule has 14 N–H and O–H groups in total. The zero-order valence-electron chi connectivity index (χ0n) is 29.0. The van der Waals surface area contributed by atoms with Gasteiger partial charge >= 0.3 is 42.3 Å². The van der Waals surface area contributed by atoms with Crippen LogP contribution in [0.25, 0.3) is 0 Å². The summed E-state index contributed by atoms with van der Waals surface area (Å²) < 4.78 is 45.8. The number of rotatable bonds is 23. The Labute approximate surface area is 317 Å². The Morgan fingerprint density at radius 2 is 0.857 bits per heavy atom. The Balaban J connectivity index is 2.18. The molecule has 0 radical (unpaired) electrons. The second-order valence-corrected chi connectivity index (χ2v) is 20.0. The topological polar surface area (TPSA) is 410 Å². The normalized spacial score (nSPS) is 12.7. The van der Waals surface area contributed by atoms with Crippen molar-refractivity contribution in [1.29, 1.82) is 0 Å². The van der Waals surface area contributed by atoms with E-state index in [0.29, 0.717) is 11.1 Å². The molecule has 0 aliphatic heterocycles. The third-order valence-corrected chi connectivity index (χ3v) is 14.3. The van der Waals surface area contributed by atoms with Gasteiger partial charge in [0.25, 0.3) is 0 Å². The van der Waals surface area contributed by atoms with Gasteiger partial charge in [-0.25, -0.2) is 0 Å². The van der Waals surface area contributed by atoms with E-state index in [9.17, 15) is 97.0 Å². The van der Waals surface area contributed by atoms with Crippen LogP contribution in [0.2, 0.25) is 0 Å². The predicted octanol–water partition coefficient (Wildman–Crippen LogP) is -1.05. The first-order valence-electron chi connectivity index (χ1n) is 15.9. The van der Waals surface area contributed by atoms with Crippen LogP contribution < -0.4 is 10.6 Å². The second kappa shape index (κ2) is 20.2. The highest BCUT2D eigenvalue weighted by atomic mass is 31.2. The zero-order valence-corrected chi connectivity index (χ0v) is 32.6. The third-order valence-electron chi connectivity index (χ3n) is 7.66. The van der Waals surface area contributed by atoms with Gasteiger partial charge in [0.15, 0.2) is 0 Å². The minimum Gasteiger partial charge on any atom is -0.508 e. The van der Waals surface area contributed by atoms with Crippen LogP contribution in [0.1, 0.15) is 35.1 Å². The number of carboxylic acid groups (broad SMARTS) is 2. The van der Waals surface area contributed by atoms with Crippen LogP contribution in [-0.4, -0.2) is 130 Å². The molecule has 56 heavy (non-hydrogen) atoms. The van der Waals surface area contributed by atoms with E-state index in [-0.39, 0.29) is 61.6 Å². The van der Waals surface area contributed by atoms with E-state index < -0.39 is 91.1 Å². The van der Waals surface area contributed by atoms with E-state index in [1.807, 2.05) is 0 Å². The molecule has 0 unspecified atom stereocenters. The minimum atomic E-state index is -5.44. The molecule has 0 aliphatic carbocycles. The first-order chi connectivity index (χ1) is 25.6. The molecule has 28 heteroatoms. The lowest BCUT2D eigenvalue weighted by Gasteiger charge is -2.26. The quantitative estimate of drug-likeness (QED) is 0.0592. The van der Waals surface area contributed by atoms with Crippen molar-refractivity contribution in [1.82, 2.24) is 20.4 Å². The number of nitrogens with one attached hydrogen (secondary N) is 2. The van der Waals surface area contributed by atoms with E-state index in [0.717, 1.165) is 0 Å². The lowest BCUT2D eigenvalue weighted by Crippen LogP contribution is -2.39. The molecule has 0 saturated heterocycles. The average molecular weight is 879 g/mol. The van der Waals surface area contributed by atoms with Crippen molar-refractivity contribution >= 4 is 54.1 Å². The van der Waals surface area contributed by atoms with Crippen LogP contribution in [-0.2, 0) is 63.4 Å². The molecule has 2 aromatic carbocycles. The summed E-state index contributed by atoms with van der Waals surface area (Å²) in [6, 6.07) is 7.97. The maximum atomic E-state index is 12.3. The van der Waals surface area contributed by atoms with E-state index in [1.54, 1.807) is 10.6 Å². The highest BCUT2D eigenvalue weighted by molar-refractivity contribution is 7.71. The molecule has 0 fully saturated rings. The molecular formula is C28H42N4O20P4. The Morgan fingerprint density at radius 1 is 0.554 bits per heavy atom. The number of phenolic OH excluding ortho intramolecular Hbond substituents is 2. The number of hydrogen-bond acceptors (Lipinski definition) is 12. The smallest absolute Gasteiger partial charge is 0.360 e. The monoisotopic (exact) mass is 878 g/mol. The van der Waals surface area contributed by atoms with Gasteiger partial charge in [-0.3, -0.25) is 47.2 Å². The van der Waals surface area contributed by atoms with Gasteiger partial charge in [-0.15, -0.1) is 0 Å². The van der Waals surface area contributed by atoms with Gasteiger partial charge in [0.1, 0.15) is 11.5 Å². The number of amides is 2. The van der Waals surface area contributed by atoms with Crippen molar-refractivity contribution in [3.63, 3.8) is 0 Å². The summed E-state index contributed by atoms with van der Waals surface area (Å²) in [4.78, 5) is 124. The van der Waals surface area contributed by atoms with E-state index in [2.05, 4.69) is 0 Å². The average Bonchev–Trinajstić information content (AvgIpc) is 3.02. The van der Waals surface area contributed by atoms with E-state index in [4.69, 9.17) is 0 Å².